The molecule has 2 amide bonds. The van der Waals surface area contributed by atoms with Gasteiger partial charge >= 0.3 is 6.18 Å². The third-order valence-corrected chi connectivity index (χ3v) is 5.92. The van der Waals surface area contributed by atoms with Crippen molar-refractivity contribution in [1.82, 2.24) is 5.32 Å². The molecule has 1 fully saturated rings. The summed E-state index contributed by atoms with van der Waals surface area (Å²) in [6.07, 6.45) is -2.01. The smallest absolute Gasteiger partial charge is 0.418 e. The fourth-order valence-corrected chi connectivity index (χ4v) is 4.24. The van der Waals surface area contributed by atoms with Crippen LogP contribution in [0.3, 0.4) is 0 Å². The molecule has 2 aliphatic rings. The lowest BCUT2D eigenvalue weighted by atomic mass is 10.0. The van der Waals surface area contributed by atoms with Crippen molar-refractivity contribution in [3.63, 3.8) is 0 Å². The van der Waals surface area contributed by atoms with Crippen LogP contribution >= 0.6 is 0 Å². The second-order valence-corrected chi connectivity index (χ2v) is 8.19. The first-order chi connectivity index (χ1) is 15.7. The largest absolute Gasteiger partial charge is 0.509 e. The topological polar surface area (TPSA) is 81.7 Å². The SMILES string of the molecule is O=C(Nc1ccc(N2CCCC2)c(C(F)(F)F)c1)C1=C(O)C(CCc2ccccc2)NC1=O. The Balaban J connectivity index is 1.51. The summed E-state index contributed by atoms with van der Waals surface area (Å²) in [4.78, 5) is 26.7. The highest BCUT2D eigenvalue weighted by Gasteiger charge is 2.38. The third kappa shape index (κ3) is 4.97. The van der Waals surface area contributed by atoms with Crippen LogP contribution in [-0.4, -0.2) is 36.1 Å². The number of carbonyl (C=O) groups excluding carboxylic acids is 2. The Labute approximate surface area is 189 Å². The van der Waals surface area contributed by atoms with E-state index in [0.29, 0.717) is 25.9 Å². The zero-order valence-corrected chi connectivity index (χ0v) is 17.8. The van der Waals surface area contributed by atoms with Gasteiger partial charge in [0.2, 0.25) is 0 Å². The van der Waals surface area contributed by atoms with E-state index >= 15 is 0 Å². The van der Waals surface area contributed by atoms with Crippen LogP contribution in [0.4, 0.5) is 24.5 Å². The fourth-order valence-electron chi connectivity index (χ4n) is 4.24. The number of nitrogens with one attached hydrogen (secondary N) is 2. The van der Waals surface area contributed by atoms with Gasteiger partial charge in [-0.15, -0.1) is 0 Å². The van der Waals surface area contributed by atoms with Gasteiger partial charge in [-0.2, -0.15) is 13.2 Å². The zero-order valence-electron chi connectivity index (χ0n) is 17.8. The number of alkyl halides is 3. The Morgan fingerprint density at radius 1 is 1.12 bits per heavy atom. The van der Waals surface area contributed by atoms with Crippen molar-refractivity contribution in [2.75, 3.05) is 23.3 Å². The van der Waals surface area contributed by atoms with Gasteiger partial charge in [0.25, 0.3) is 11.8 Å². The molecule has 2 aromatic carbocycles. The summed E-state index contributed by atoms with van der Waals surface area (Å²) >= 11 is 0. The second kappa shape index (κ2) is 9.17. The molecule has 1 atom stereocenters. The minimum atomic E-state index is -4.60. The molecule has 2 aliphatic heterocycles. The number of carbonyl (C=O) groups is 2. The van der Waals surface area contributed by atoms with E-state index in [1.54, 1.807) is 4.90 Å². The van der Waals surface area contributed by atoms with Gasteiger partial charge in [0, 0.05) is 24.5 Å². The molecule has 4 rings (SSSR count). The van der Waals surface area contributed by atoms with Crippen molar-refractivity contribution >= 4 is 23.2 Å². The molecular weight excluding hydrogens is 435 g/mol. The van der Waals surface area contributed by atoms with E-state index in [1.807, 2.05) is 30.3 Å². The molecule has 33 heavy (non-hydrogen) atoms. The minimum Gasteiger partial charge on any atom is -0.509 e. The van der Waals surface area contributed by atoms with E-state index in [4.69, 9.17) is 0 Å². The van der Waals surface area contributed by atoms with E-state index in [9.17, 15) is 27.9 Å². The molecule has 0 spiro atoms. The highest BCUT2D eigenvalue weighted by molar-refractivity contribution is 6.24. The summed E-state index contributed by atoms with van der Waals surface area (Å²) in [5.74, 6) is -2.11. The highest BCUT2D eigenvalue weighted by atomic mass is 19.4. The Bertz CT molecular complexity index is 1080. The Morgan fingerprint density at radius 2 is 1.82 bits per heavy atom. The highest BCUT2D eigenvalue weighted by Crippen LogP contribution is 2.39. The van der Waals surface area contributed by atoms with E-state index in [1.165, 1.54) is 12.1 Å². The predicted molar refractivity (Wildman–Crippen MR) is 118 cm³/mol. The van der Waals surface area contributed by atoms with Crippen LogP contribution in [0, 0.1) is 0 Å². The van der Waals surface area contributed by atoms with Crippen molar-refractivity contribution < 1.29 is 27.9 Å². The first-order valence-corrected chi connectivity index (χ1v) is 10.8. The number of nitrogens with zero attached hydrogens (tertiary/aromatic N) is 1. The zero-order chi connectivity index (χ0) is 23.6. The number of anilines is 2. The third-order valence-electron chi connectivity index (χ3n) is 5.92. The number of aliphatic hydroxyl groups is 1. The van der Waals surface area contributed by atoms with Gasteiger partial charge < -0.3 is 20.6 Å². The van der Waals surface area contributed by atoms with Gasteiger partial charge in [-0.1, -0.05) is 30.3 Å². The van der Waals surface area contributed by atoms with E-state index in [-0.39, 0.29) is 11.4 Å². The second-order valence-electron chi connectivity index (χ2n) is 8.19. The number of halogens is 3. The van der Waals surface area contributed by atoms with Crippen LogP contribution in [0.25, 0.3) is 0 Å². The minimum absolute atomic E-state index is 0.0691. The molecule has 0 aliphatic carbocycles. The maximum absolute atomic E-state index is 13.7. The normalized spacial score (nSPS) is 18.6. The van der Waals surface area contributed by atoms with E-state index in [0.717, 1.165) is 24.5 Å². The van der Waals surface area contributed by atoms with Crippen LogP contribution in [0.15, 0.2) is 59.9 Å². The van der Waals surface area contributed by atoms with Gasteiger partial charge in [-0.05, 0) is 49.4 Å². The number of hydrogen-bond acceptors (Lipinski definition) is 4. The van der Waals surface area contributed by atoms with Crippen LogP contribution < -0.4 is 15.5 Å². The maximum atomic E-state index is 13.7. The van der Waals surface area contributed by atoms with Crippen molar-refractivity contribution in [2.24, 2.45) is 0 Å². The average Bonchev–Trinajstić information content (AvgIpc) is 3.40. The summed E-state index contributed by atoms with van der Waals surface area (Å²) in [5.41, 5.74) is -0.353. The Morgan fingerprint density at radius 3 is 2.48 bits per heavy atom. The summed E-state index contributed by atoms with van der Waals surface area (Å²) in [7, 11) is 0. The first kappa shape index (κ1) is 22.7. The molecule has 2 aromatic rings. The number of hydrogen-bond donors (Lipinski definition) is 3. The van der Waals surface area contributed by atoms with E-state index in [2.05, 4.69) is 10.6 Å². The van der Waals surface area contributed by atoms with Crippen LogP contribution in [0.5, 0.6) is 0 Å². The lowest BCUT2D eigenvalue weighted by Crippen LogP contribution is -2.30. The molecule has 6 nitrogen and oxygen atoms in total. The molecule has 1 unspecified atom stereocenters. The molecule has 9 heteroatoms. The molecule has 1 saturated heterocycles. The Kier molecular flexibility index (Phi) is 6.31. The lowest BCUT2D eigenvalue weighted by molar-refractivity contribution is -0.137. The molecular formula is C24H24F3N3O3. The number of amides is 2. The summed E-state index contributed by atoms with van der Waals surface area (Å²) in [5, 5.41) is 15.4. The van der Waals surface area contributed by atoms with Crippen molar-refractivity contribution in [3.05, 3.63) is 71.0 Å². The molecule has 0 aromatic heterocycles. The predicted octanol–water partition coefficient (Wildman–Crippen LogP) is 4.19. The Hall–Kier alpha value is -3.49. The number of benzene rings is 2. The van der Waals surface area contributed by atoms with Crippen LogP contribution in [0.2, 0.25) is 0 Å². The van der Waals surface area contributed by atoms with Crippen LogP contribution in [-0.2, 0) is 22.2 Å². The molecule has 174 valence electrons. The van der Waals surface area contributed by atoms with Gasteiger partial charge in [-0.3, -0.25) is 9.59 Å². The van der Waals surface area contributed by atoms with Crippen LogP contribution in [0.1, 0.15) is 30.4 Å². The number of aryl methyl sites for hydroxylation is 1. The number of aliphatic hydroxyl groups excluding tert-OH is 1. The molecule has 2 heterocycles. The fraction of sp³-hybridized carbons (Fsp3) is 0.333. The van der Waals surface area contributed by atoms with Gasteiger partial charge in [-0.25, -0.2) is 0 Å². The van der Waals surface area contributed by atoms with Crippen molar-refractivity contribution in [2.45, 2.75) is 37.9 Å². The monoisotopic (exact) mass is 459 g/mol. The van der Waals surface area contributed by atoms with Gasteiger partial charge in [0.05, 0.1) is 11.6 Å². The average molecular weight is 459 g/mol. The van der Waals surface area contributed by atoms with Gasteiger partial charge in [0.15, 0.2) is 0 Å². The molecule has 0 radical (unpaired) electrons. The van der Waals surface area contributed by atoms with Gasteiger partial charge in [0.1, 0.15) is 11.3 Å². The summed E-state index contributed by atoms with van der Waals surface area (Å²) in [6.45, 7) is 1.08. The number of rotatable bonds is 6. The molecule has 3 N–H and O–H groups in total. The van der Waals surface area contributed by atoms with Crippen molar-refractivity contribution in [1.29, 1.82) is 0 Å². The lowest BCUT2D eigenvalue weighted by Gasteiger charge is -2.23. The molecule has 0 bridgehead atoms. The quantitative estimate of drug-likeness (QED) is 0.566. The summed E-state index contributed by atoms with van der Waals surface area (Å²) < 4.78 is 41.0. The van der Waals surface area contributed by atoms with Crippen molar-refractivity contribution in [3.8, 4) is 0 Å². The standard InChI is InChI=1S/C24H24F3N3O3/c25-24(26,27)17-14-16(9-11-19(17)30-12-4-5-13-30)28-22(32)20-21(31)18(29-23(20)33)10-8-15-6-2-1-3-7-15/h1-3,6-7,9,11,14,18,31H,4-5,8,10,12-13H2,(H,28,32)(H,29,33). The first-order valence-electron chi connectivity index (χ1n) is 10.8. The maximum Gasteiger partial charge on any atom is 0.418 e. The molecule has 0 saturated carbocycles. The van der Waals surface area contributed by atoms with E-state index < -0.39 is 40.9 Å². The summed E-state index contributed by atoms with van der Waals surface area (Å²) in [6, 6.07) is 12.3.